The first-order chi connectivity index (χ1) is 14.6. The third-order valence-electron chi connectivity index (χ3n) is 4.87. The Morgan fingerprint density at radius 3 is 2.00 bits per heavy atom. The Balaban J connectivity index is 2.04. The normalized spacial score (nSPS) is 12.0. The lowest BCUT2D eigenvalue weighted by atomic mass is 9.88. The quantitative estimate of drug-likeness (QED) is 0.455. The molecule has 0 bridgehead atoms. The van der Waals surface area contributed by atoms with Gasteiger partial charge in [-0.1, -0.05) is 66.2 Å². The molecule has 1 N–H and O–H groups in total. The van der Waals surface area contributed by atoms with E-state index in [0.717, 1.165) is 40.1 Å². The molecule has 4 heteroatoms. The molecule has 3 aromatic rings. The van der Waals surface area contributed by atoms with Crippen molar-refractivity contribution in [1.82, 2.24) is 4.90 Å². The van der Waals surface area contributed by atoms with Crippen LogP contribution in [0, 0.1) is 0 Å². The van der Waals surface area contributed by atoms with Gasteiger partial charge >= 0.3 is 0 Å². The summed E-state index contributed by atoms with van der Waals surface area (Å²) in [5.74, 6) is 0.847. The zero-order valence-electron chi connectivity index (χ0n) is 17.5. The third kappa shape index (κ3) is 5.96. The van der Waals surface area contributed by atoms with Crippen LogP contribution in [-0.2, 0) is 0 Å². The maximum Gasteiger partial charge on any atom is 0.119 e. The van der Waals surface area contributed by atoms with Gasteiger partial charge in [-0.2, -0.15) is 0 Å². The average Bonchev–Trinajstić information content (AvgIpc) is 2.76. The molecule has 0 fully saturated rings. The van der Waals surface area contributed by atoms with Gasteiger partial charge in [0.1, 0.15) is 12.4 Å². The molecule has 0 aromatic heterocycles. The van der Waals surface area contributed by atoms with Gasteiger partial charge in [0.15, 0.2) is 0 Å². The number of hydrogen-bond acceptors (Lipinski definition) is 3. The van der Waals surface area contributed by atoms with Crippen molar-refractivity contribution < 1.29 is 9.84 Å². The van der Waals surface area contributed by atoms with Crippen LogP contribution in [0.1, 0.15) is 23.1 Å². The van der Waals surface area contributed by atoms with Crippen molar-refractivity contribution in [2.75, 3.05) is 33.9 Å². The topological polar surface area (TPSA) is 32.7 Å². The highest BCUT2D eigenvalue weighted by Gasteiger charge is 2.14. The number of aliphatic hydroxyl groups excluding tert-OH is 1. The number of hydrogen-bond donors (Lipinski definition) is 1. The van der Waals surface area contributed by atoms with Crippen molar-refractivity contribution in [3.05, 3.63) is 101 Å². The first-order valence-electron chi connectivity index (χ1n) is 10.1. The average molecular weight is 422 g/mol. The van der Waals surface area contributed by atoms with Gasteiger partial charge in [0, 0.05) is 18.2 Å². The van der Waals surface area contributed by atoms with Crippen LogP contribution in [0.25, 0.3) is 11.1 Å². The molecule has 0 amide bonds. The van der Waals surface area contributed by atoms with Crippen LogP contribution in [0.15, 0.2) is 78.9 Å². The molecule has 0 aliphatic carbocycles. The highest BCUT2D eigenvalue weighted by atomic mass is 35.5. The molecular formula is C26H28ClNO2. The molecule has 0 saturated heterocycles. The largest absolute Gasteiger partial charge is 0.492 e. The summed E-state index contributed by atoms with van der Waals surface area (Å²) in [6, 6.07) is 26.2. The molecule has 0 atom stereocenters. The van der Waals surface area contributed by atoms with Crippen LogP contribution in [-0.4, -0.2) is 43.9 Å². The molecule has 0 radical (unpaired) electrons. The lowest BCUT2D eigenvalue weighted by Crippen LogP contribution is -2.19. The van der Waals surface area contributed by atoms with E-state index in [1.807, 2.05) is 68.7 Å². The zero-order chi connectivity index (χ0) is 21.3. The molecule has 0 spiro atoms. The Bertz CT molecular complexity index is 949. The monoisotopic (exact) mass is 421 g/mol. The predicted molar refractivity (Wildman–Crippen MR) is 126 cm³/mol. The second-order valence-corrected chi connectivity index (χ2v) is 7.81. The summed E-state index contributed by atoms with van der Waals surface area (Å²) in [5.41, 5.74) is 5.42. The summed E-state index contributed by atoms with van der Waals surface area (Å²) < 4.78 is 5.85. The van der Waals surface area contributed by atoms with Crippen LogP contribution in [0.5, 0.6) is 5.75 Å². The van der Waals surface area contributed by atoms with Gasteiger partial charge in [0.2, 0.25) is 0 Å². The van der Waals surface area contributed by atoms with Gasteiger partial charge in [0.25, 0.3) is 0 Å². The second-order valence-electron chi connectivity index (χ2n) is 7.38. The highest BCUT2D eigenvalue weighted by Crippen LogP contribution is 2.35. The molecule has 0 aliphatic rings. The summed E-state index contributed by atoms with van der Waals surface area (Å²) in [6.07, 6.45) is 0.559. The van der Waals surface area contributed by atoms with Gasteiger partial charge in [-0.05, 0) is 72.6 Å². The fourth-order valence-corrected chi connectivity index (χ4v) is 3.49. The molecule has 30 heavy (non-hydrogen) atoms. The Labute approximate surface area is 184 Å². The van der Waals surface area contributed by atoms with Crippen LogP contribution in [0.2, 0.25) is 5.02 Å². The van der Waals surface area contributed by atoms with Gasteiger partial charge in [0.05, 0.1) is 0 Å². The number of halogens is 1. The molecule has 3 aromatic carbocycles. The minimum absolute atomic E-state index is 0.0764. The zero-order valence-corrected chi connectivity index (χ0v) is 18.3. The minimum Gasteiger partial charge on any atom is -0.492 e. The first-order valence-corrected chi connectivity index (χ1v) is 10.5. The van der Waals surface area contributed by atoms with E-state index in [-0.39, 0.29) is 6.61 Å². The van der Waals surface area contributed by atoms with E-state index in [4.69, 9.17) is 16.3 Å². The lowest BCUT2D eigenvalue weighted by Gasteiger charge is -2.18. The Morgan fingerprint density at radius 1 is 0.833 bits per heavy atom. The second kappa shape index (κ2) is 11.0. The highest BCUT2D eigenvalue weighted by molar-refractivity contribution is 6.30. The number of rotatable bonds is 9. The van der Waals surface area contributed by atoms with Gasteiger partial charge in [-0.3, -0.25) is 0 Å². The van der Waals surface area contributed by atoms with Crippen molar-refractivity contribution >= 4 is 22.7 Å². The van der Waals surface area contributed by atoms with Crippen molar-refractivity contribution in [2.45, 2.75) is 6.42 Å². The van der Waals surface area contributed by atoms with Crippen molar-refractivity contribution in [3.8, 4) is 5.75 Å². The number of likely N-dealkylation sites (N-methyl/N-ethyl adjacent to an activating group) is 1. The van der Waals surface area contributed by atoms with Crippen LogP contribution in [0.3, 0.4) is 0 Å². The maximum absolute atomic E-state index is 9.79. The molecular weight excluding hydrogens is 394 g/mol. The van der Waals surface area contributed by atoms with E-state index in [1.54, 1.807) is 0 Å². The molecule has 3 nitrogen and oxygen atoms in total. The van der Waals surface area contributed by atoms with Crippen molar-refractivity contribution in [2.24, 2.45) is 0 Å². The fourth-order valence-electron chi connectivity index (χ4n) is 3.36. The predicted octanol–water partition coefficient (Wildman–Crippen LogP) is 5.62. The summed E-state index contributed by atoms with van der Waals surface area (Å²) in [7, 11) is 4.06. The van der Waals surface area contributed by atoms with E-state index in [0.29, 0.717) is 18.1 Å². The first kappa shape index (κ1) is 22.1. The number of nitrogens with zero attached hydrogens (tertiary/aromatic N) is 1. The van der Waals surface area contributed by atoms with Crippen LogP contribution in [0.4, 0.5) is 0 Å². The molecule has 0 aliphatic heterocycles. The smallest absolute Gasteiger partial charge is 0.119 e. The van der Waals surface area contributed by atoms with E-state index in [2.05, 4.69) is 29.2 Å². The molecule has 156 valence electrons. The minimum atomic E-state index is 0.0764. The lowest BCUT2D eigenvalue weighted by molar-refractivity contribution is 0.261. The number of aliphatic hydroxyl groups is 1. The van der Waals surface area contributed by atoms with Gasteiger partial charge < -0.3 is 14.7 Å². The number of ether oxygens (including phenoxy) is 1. The number of benzene rings is 3. The summed E-state index contributed by atoms with van der Waals surface area (Å²) in [4.78, 5) is 2.09. The standard InChI is InChI=1S/C26H28ClNO2/c1-28(2)17-19-30-24-14-10-22(11-15-24)26(21-8-12-23(27)13-9-21)25(16-18-29)20-6-4-3-5-7-20/h3-15,29H,16-19H2,1-2H3. The Kier molecular flexibility index (Phi) is 8.09. The van der Waals surface area contributed by atoms with Gasteiger partial charge in [-0.25, -0.2) is 0 Å². The van der Waals surface area contributed by atoms with Crippen molar-refractivity contribution in [1.29, 1.82) is 0 Å². The van der Waals surface area contributed by atoms with E-state index in [9.17, 15) is 5.11 Å². The molecule has 0 saturated carbocycles. The van der Waals surface area contributed by atoms with Crippen LogP contribution < -0.4 is 4.74 Å². The van der Waals surface area contributed by atoms with E-state index < -0.39 is 0 Å². The third-order valence-corrected chi connectivity index (χ3v) is 5.12. The SMILES string of the molecule is CN(C)CCOc1ccc(C(=C(CCO)c2ccccc2)c2ccc(Cl)cc2)cc1. The van der Waals surface area contributed by atoms with E-state index in [1.165, 1.54) is 0 Å². The van der Waals surface area contributed by atoms with Crippen LogP contribution >= 0.6 is 11.6 Å². The Hall–Kier alpha value is -2.59. The molecule has 0 unspecified atom stereocenters. The maximum atomic E-state index is 9.79. The van der Waals surface area contributed by atoms with E-state index >= 15 is 0 Å². The van der Waals surface area contributed by atoms with Gasteiger partial charge in [-0.15, -0.1) is 0 Å². The Morgan fingerprint density at radius 2 is 1.43 bits per heavy atom. The van der Waals surface area contributed by atoms with Crippen molar-refractivity contribution in [3.63, 3.8) is 0 Å². The fraction of sp³-hybridized carbons (Fsp3) is 0.231. The summed E-state index contributed by atoms with van der Waals surface area (Å²) in [5, 5.41) is 10.5. The summed E-state index contributed by atoms with van der Waals surface area (Å²) >= 11 is 6.14. The molecule has 3 rings (SSSR count). The summed E-state index contributed by atoms with van der Waals surface area (Å²) in [6.45, 7) is 1.59. The molecule has 0 heterocycles.